The lowest BCUT2D eigenvalue weighted by Crippen LogP contribution is -2.27. The van der Waals surface area contributed by atoms with Crippen molar-refractivity contribution < 1.29 is 9.18 Å². The van der Waals surface area contributed by atoms with Gasteiger partial charge in [0.1, 0.15) is 5.82 Å². The molecule has 2 aromatic heterocycles. The quantitative estimate of drug-likeness (QED) is 0.676. The number of hydrogen-bond donors (Lipinski definition) is 1. The number of aryl methyl sites for hydroxylation is 1. The minimum atomic E-state index is -0.292. The van der Waals surface area contributed by atoms with Crippen LogP contribution in [0.5, 0.6) is 0 Å². The van der Waals surface area contributed by atoms with Crippen LogP contribution in [0.3, 0.4) is 0 Å². The SMILES string of the molecule is CCN(CC)CCn1cc(NC(=O)c2sc3ccc(F)cc3c2C)cn1. The molecule has 1 aromatic carbocycles. The molecule has 0 atom stereocenters. The van der Waals surface area contributed by atoms with Crippen LogP contribution in [-0.4, -0.2) is 40.2 Å². The van der Waals surface area contributed by atoms with Crippen LogP contribution in [0.25, 0.3) is 10.1 Å². The topological polar surface area (TPSA) is 50.2 Å². The summed E-state index contributed by atoms with van der Waals surface area (Å²) in [5, 5.41) is 7.99. The van der Waals surface area contributed by atoms with E-state index in [2.05, 4.69) is 29.2 Å². The molecular formula is C19H23FN4OS. The Kier molecular flexibility index (Phi) is 5.68. The van der Waals surface area contributed by atoms with Crippen LogP contribution in [0.4, 0.5) is 10.1 Å². The van der Waals surface area contributed by atoms with Gasteiger partial charge in [0.15, 0.2) is 0 Å². The van der Waals surface area contributed by atoms with Crippen molar-refractivity contribution in [3.8, 4) is 0 Å². The second-order valence-corrected chi connectivity index (χ2v) is 7.22. The van der Waals surface area contributed by atoms with Crippen molar-refractivity contribution in [3.05, 3.63) is 46.9 Å². The van der Waals surface area contributed by atoms with Crippen LogP contribution in [0.15, 0.2) is 30.6 Å². The van der Waals surface area contributed by atoms with Crippen LogP contribution in [-0.2, 0) is 6.54 Å². The maximum Gasteiger partial charge on any atom is 0.266 e. The van der Waals surface area contributed by atoms with Gasteiger partial charge in [-0.2, -0.15) is 5.10 Å². The van der Waals surface area contributed by atoms with Crippen molar-refractivity contribution in [3.63, 3.8) is 0 Å². The first-order chi connectivity index (χ1) is 12.5. The van der Waals surface area contributed by atoms with Crippen LogP contribution in [0.1, 0.15) is 29.1 Å². The Morgan fingerprint density at radius 1 is 1.35 bits per heavy atom. The third-order valence-corrected chi connectivity index (χ3v) is 5.81. The molecule has 7 heteroatoms. The van der Waals surface area contributed by atoms with E-state index in [0.29, 0.717) is 10.6 Å². The van der Waals surface area contributed by atoms with Crippen LogP contribution in [0.2, 0.25) is 0 Å². The fourth-order valence-electron chi connectivity index (χ4n) is 2.93. The smallest absolute Gasteiger partial charge is 0.266 e. The number of thiophene rings is 1. The Labute approximate surface area is 156 Å². The number of fused-ring (bicyclic) bond motifs is 1. The average molecular weight is 374 g/mol. The van der Waals surface area contributed by atoms with E-state index in [-0.39, 0.29) is 11.7 Å². The summed E-state index contributed by atoms with van der Waals surface area (Å²) in [6, 6.07) is 4.60. The molecule has 2 heterocycles. The van der Waals surface area contributed by atoms with Crippen molar-refractivity contribution in [2.45, 2.75) is 27.3 Å². The molecule has 0 unspecified atom stereocenters. The molecule has 1 N–H and O–H groups in total. The third kappa shape index (κ3) is 3.94. The minimum absolute atomic E-state index is 0.188. The van der Waals surface area contributed by atoms with Gasteiger partial charge in [0.05, 0.1) is 23.3 Å². The number of benzene rings is 1. The average Bonchev–Trinajstić information content (AvgIpc) is 3.20. The van der Waals surface area contributed by atoms with Crippen molar-refractivity contribution in [2.24, 2.45) is 0 Å². The molecule has 0 saturated heterocycles. The van der Waals surface area contributed by atoms with E-state index in [1.54, 1.807) is 12.3 Å². The second kappa shape index (κ2) is 7.97. The zero-order chi connectivity index (χ0) is 18.7. The standard InChI is InChI=1S/C19H23FN4OS/c1-4-23(5-2)8-9-24-12-15(11-21-24)22-19(25)18-13(3)16-10-14(20)6-7-17(16)26-18/h6-7,10-12H,4-5,8-9H2,1-3H3,(H,22,25). The monoisotopic (exact) mass is 374 g/mol. The molecule has 26 heavy (non-hydrogen) atoms. The second-order valence-electron chi connectivity index (χ2n) is 6.17. The summed E-state index contributed by atoms with van der Waals surface area (Å²) in [6.45, 7) is 9.83. The molecular weight excluding hydrogens is 351 g/mol. The number of anilines is 1. The Bertz CT molecular complexity index is 914. The number of nitrogens with zero attached hydrogens (tertiary/aromatic N) is 3. The normalized spacial score (nSPS) is 11.4. The predicted molar refractivity (Wildman–Crippen MR) is 104 cm³/mol. The number of halogens is 1. The number of rotatable bonds is 7. The number of amides is 1. The summed E-state index contributed by atoms with van der Waals surface area (Å²) in [5.74, 6) is -0.479. The highest BCUT2D eigenvalue weighted by Gasteiger charge is 2.16. The number of carbonyl (C=O) groups excluding carboxylic acids is 1. The fourth-order valence-corrected chi connectivity index (χ4v) is 4.02. The molecule has 1 amide bonds. The predicted octanol–water partition coefficient (Wildman–Crippen LogP) is 4.14. The van der Waals surface area contributed by atoms with E-state index < -0.39 is 0 Å². The van der Waals surface area contributed by atoms with Crippen LogP contribution >= 0.6 is 11.3 Å². The maximum absolute atomic E-state index is 13.4. The van der Waals surface area contributed by atoms with Gasteiger partial charge < -0.3 is 10.2 Å². The van der Waals surface area contributed by atoms with E-state index in [4.69, 9.17) is 0 Å². The first kappa shape index (κ1) is 18.5. The third-order valence-electron chi connectivity index (χ3n) is 4.54. The van der Waals surface area contributed by atoms with Crippen LogP contribution in [0, 0.1) is 12.7 Å². The minimum Gasteiger partial charge on any atom is -0.319 e. The number of aromatic nitrogens is 2. The molecule has 0 aliphatic heterocycles. The van der Waals surface area contributed by atoms with Crippen molar-refractivity contribution >= 4 is 33.0 Å². The molecule has 0 bridgehead atoms. The summed E-state index contributed by atoms with van der Waals surface area (Å²) in [4.78, 5) is 15.5. The molecule has 0 spiro atoms. The Morgan fingerprint density at radius 3 is 2.85 bits per heavy atom. The van der Waals surface area contributed by atoms with E-state index in [1.807, 2.05) is 17.8 Å². The molecule has 0 saturated carbocycles. The molecule has 0 radical (unpaired) electrons. The highest BCUT2D eigenvalue weighted by atomic mass is 32.1. The zero-order valence-electron chi connectivity index (χ0n) is 15.3. The molecule has 138 valence electrons. The molecule has 3 rings (SSSR count). The summed E-state index contributed by atoms with van der Waals surface area (Å²) in [5.41, 5.74) is 1.47. The van der Waals surface area contributed by atoms with Crippen LogP contribution < -0.4 is 5.32 Å². The van der Waals surface area contributed by atoms with Gasteiger partial charge in [-0.1, -0.05) is 13.8 Å². The summed E-state index contributed by atoms with van der Waals surface area (Å²) in [7, 11) is 0. The lowest BCUT2D eigenvalue weighted by Gasteiger charge is -2.17. The summed E-state index contributed by atoms with van der Waals surface area (Å²) >= 11 is 1.37. The van der Waals surface area contributed by atoms with Gasteiger partial charge in [0.2, 0.25) is 0 Å². The number of likely N-dealkylation sites (N-methyl/N-ethyl adjacent to an activating group) is 1. The Balaban J connectivity index is 1.70. The molecule has 3 aromatic rings. The zero-order valence-corrected chi connectivity index (χ0v) is 16.1. The van der Waals surface area contributed by atoms with Gasteiger partial charge >= 0.3 is 0 Å². The van der Waals surface area contributed by atoms with Crippen molar-refractivity contribution in [1.29, 1.82) is 0 Å². The molecule has 0 fully saturated rings. The highest BCUT2D eigenvalue weighted by molar-refractivity contribution is 7.21. The lowest BCUT2D eigenvalue weighted by atomic mass is 10.1. The molecule has 0 aliphatic carbocycles. The van der Waals surface area contributed by atoms with E-state index in [1.165, 1.54) is 23.5 Å². The maximum atomic E-state index is 13.4. The first-order valence-corrected chi connectivity index (χ1v) is 9.58. The van der Waals surface area contributed by atoms with Gasteiger partial charge in [0, 0.05) is 17.4 Å². The van der Waals surface area contributed by atoms with Gasteiger partial charge in [-0.15, -0.1) is 11.3 Å². The highest BCUT2D eigenvalue weighted by Crippen LogP contribution is 2.31. The molecule has 0 aliphatic rings. The summed E-state index contributed by atoms with van der Waals surface area (Å²) in [6.07, 6.45) is 3.49. The first-order valence-electron chi connectivity index (χ1n) is 8.76. The van der Waals surface area contributed by atoms with E-state index >= 15 is 0 Å². The summed E-state index contributed by atoms with van der Waals surface area (Å²) < 4.78 is 16.2. The van der Waals surface area contributed by atoms with Crippen molar-refractivity contribution in [2.75, 3.05) is 25.0 Å². The van der Waals surface area contributed by atoms with E-state index in [0.717, 1.165) is 41.8 Å². The number of nitrogens with one attached hydrogen (secondary N) is 1. The fraction of sp³-hybridized carbons (Fsp3) is 0.368. The van der Waals surface area contributed by atoms with Gasteiger partial charge in [-0.25, -0.2) is 4.39 Å². The number of hydrogen-bond acceptors (Lipinski definition) is 4. The molecule has 5 nitrogen and oxygen atoms in total. The van der Waals surface area contributed by atoms with Crippen molar-refractivity contribution in [1.82, 2.24) is 14.7 Å². The Morgan fingerprint density at radius 2 is 2.12 bits per heavy atom. The van der Waals surface area contributed by atoms with Gasteiger partial charge in [-0.05, 0) is 49.2 Å². The largest absolute Gasteiger partial charge is 0.319 e. The van der Waals surface area contributed by atoms with Gasteiger partial charge in [0.25, 0.3) is 5.91 Å². The van der Waals surface area contributed by atoms with E-state index in [9.17, 15) is 9.18 Å². The Hall–Kier alpha value is -2.25. The lowest BCUT2D eigenvalue weighted by molar-refractivity contribution is 0.103. The number of carbonyl (C=O) groups is 1. The van der Waals surface area contributed by atoms with Gasteiger partial charge in [-0.3, -0.25) is 9.48 Å².